The molecule has 0 atom stereocenters. The smallest absolute Gasteiger partial charge is 0.416 e. The van der Waals surface area contributed by atoms with Gasteiger partial charge < -0.3 is 5.11 Å². The lowest BCUT2D eigenvalue weighted by Crippen LogP contribution is -2.10. The molecular formula is C10H5F3O4S. The first-order chi connectivity index (χ1) is 8.14. The molecule has 0 saturated carbocycles. The van der Waals surface area contributed by atoms with Gasteiger partial charge in [0, 0.05) is 0 Å². The molecule has 2 rings (SSSR count). The SMILES string of the molecule is O=C(O)C1=Cc2cc(C(F)(F)F)ccc2S1(=O)=O. The molecule has 0 unspecified atom stereocenters. The quantitative estimate of drug-likeness (QED) is 0.851. The van der Waals surface area contributed by atoms with Crippen LogP contribution in [-0.4, -0.2) is 19.5 Å². The van der Waals surface area contributed by atoms with Gasteiger partial charge in [0.1, 0.15) is 0 Å². The average Bonchev–Trinajstić information content (AvgIpc) is 2.49. The number of carboxylic acids is 1. The molecule has 96 valence electrons. The number of benzene rings is 1. The number of hydrogen-bond acceptors (Lipinski definition) is 3. The van der Waals surface area contributed by atoms with Crippen LogP contribution in [-0.2, 0) is 20.8 Å². The predicted octanol–water partition coefficient (Wildman–Crippen LogP) is 1.92. The second kappa shape index (κ2) is 3.58. The number of rotatable bonds is 1. The summed E-state index contributed by atoms with van der Waals surface area (Å²) in [7, 11) is -4.21. The largest absolute Gasteiger partial charge is 0.477 e. The van der Waals surface area contributed by atoms with Gasteiger partial charge >= 0.3 is 12.1 Å². The van der Waals surface area contributed by atoms with Crippen molar-refractivity contribution in [3.8, 4) is 0 Å². The number of hydrogen-bond donors (Lipinski definition) is 1. The number of alkyl halides is 3. The van der Waals surface area contributed by atoms with Gasteiger partial charge in [-0.15, -0.1) is 0 Å². The Morgan fingerprint density at radius 2 is 1.83 bits per heavy atom. The predicted molar refractivity (Wildman–Crippen MR) is 54.2 cm³/mol. The first kappa shape index (κ1) is 12.6. The molecule has 0 spiro atoms. The molecular weight excluding hydrogens is 273 g/mol. The van der Waals surface area contributed by atoms with Crippen molar-refractivity contribution in [3.63, 3.8) is 0 Å². The second-order valence-electron chi connectivity index (χ2n) is 3.57. The monoisotopic (exact) mass is 278 g/mol. The van der Waals surface area contributed by atoms with Gasteiger partial charge in [0.05, 0.1) is 10.5 Å². The highest BCUT2D eigenvalue weighted by atomic mass is 32.2. The number of carboxylic acid groups (broad SMARTS) is 1. The van der Waals surface area contributed by atoms with E-state index in [9.17, 15) is 26.4 Å². The molecule has 0 fully saturated rings. The molecule has 0 saturated heterocycles. The minimum atomic E-state index is -4.61. The molecule has 0 bridgehead atoms. The summed E-state index contributed by atoms with van der Waals surface area (Å²) in [6.07, 6.45) is -3.89. The van der Waals surface area contributed by atoms with Gasteiger partial charge in [0.15, 0.2) is 4.91 Å². The molecule has 0 amide bonds. The van der Waals surface area contributed by atoms with Gasteiger partial charge in [-0.05, 0) is 29.8 Å². The van der Waals surface area contributed by atoms with Gasteiger partial charge in [0.2, 0.25) is 9.84 Å². The normalized spacial score (nSPS) is 17.2. The standard InChI is InChI=1S/C10H5F3O4S/c11-10(12,13)6-1-2-7-5(3-6)4-8(9(14)15)18(7,16)17/h1-4H,(H,14,15). The Bertz CT molecular complexity index is 671. The summed E-state index contributed by atoms with van der Waals surface area (Å²) in [5, 5.41) is 8.68. The third-order valence-electron chi connectivity index (χ3n) is 2.41. The van der Waals surface area contributed by atoms with Gasteiger partial charge in [-0.2, -0.15) is 13.2 Å². The van der Waals surface area contributed by atoms with E-state index < -0.39 is 37.3 Å². The van der Waals surface area contributed by atoms with Crippen LogP contribution in [0.3, 0.4) is 0 Å². The maximum atomic E-state index is 12.4. The van der Waals surface area contributed by atoms with Crippen LogP contribution < -0.4 is 0 Å². The summed E-state index contributed by atoms with van der Waals surface area (Å²) >= 11 is 0. The highest BCUT2D eigenvalue weighted by Crippen LogP contribution is 2.37. The topological polar surface area (TPSA) is 71.4 Å². The van der Waals surface area contributed by atoms with Crippen LogP contribution >= 0.6 is 0 Å². The Kier molecular flexibility index (Phi) is 2.51. The maximum absolute atomic E-state index is 12.4. The molecule has 1 aromatic rings. The van der Waals surface area contributed by atoms with Crippen molar-refractivity contribution in [3.05, 3.63) is 34.2 Å². The van der Waals surface area contributed by atoms with E-state index in [1.54, 1.807) is 0 Å². The van der Waals surface area contributed by atoms with Crippen LogP contribution in [0.1, 0.15) is 11.1 Å². The molecule has 8 heteroatoms. The molecule has 0 aromatic heterocycles. The van der Waals surface area contributed by atoms with Crippen molar-refractivity contribution >= 4 is 21.9 Å². The third kappa shape index (κ3) is 1.78. The highest BCUT2D eigenvalue weighted by Gasteiger charge is 2.37. The summed E-state index contributed by atoms with van der Waals surface area (Å²) in [6, 6.07) is 1.98. The Labute approximate surface area is 99.3 Å². The van der Waals surface area contributed by atoms with Crippen LogP contribution in [0.4, 0.5) is 13.2 Å². The number of halogens is 3. The minimum absolute atomic E-state index is 0.262. The molecule has 1 heterocycles. The summed E-state index contributed by atoms with van der Waals surface area (Å²) in [5.41, 5.74) is -1.29. The van der Waals surface area contributed by atoms with E-state index in [1.807, 2.05) is 0 Å². The molecule has 1 aliphatic heterocycles. The van der Waals surface area contributed by atoms with Gasteiger partial charge in [-0.25, -0.2) is 13.2 Å². The van der Waals surface area contributed by atoms with Crippen LogP contribution in [0.15, 0.2) is 28.0 Å². The number of fused-ring (bicyclic) bond motifs is 1. The zero-order chi connectivity index (χ0) is 13.7. The van der Waals surface area contributed by atoms with Crippen molar-refractivity contribution in [2.45, 2.75) is 11.1 Å². The van der Waals surface area contributed by atoms with Crippen molar-refractivity contribution in [1.82, 2.24) is 0 Å². The minimum Gasteiger partial charge on any atom is -0.477 e. The number of sulfone groups is 1. The fraction of sp³-hybridized carbons (Fsp3) is 0.100. The van der Waals surface area contributed by atoms with E-state index in [-0.39, 0.29) is 5.56 Å². The summed E-state index contributed by atoms with van der Waals surface area (Å²) < 4.78 is 60.6. The first-order valence-corrected chi connectivity index (χ1v) is 6.03. The van der Waals surface area contributed by atoms with Gasteiger partial charge in [-0.1, -0.05) is 0 Å². The second-order valence-corrected chi connectivity index (χ2v) is 5.45. The maximum Gasteiger partial charge on any atom is 0.416 e. The molecule has 4 nitrogen and oxygen atoms in total. The van der Waals surface area contributed by atoms with Gasteiger partial charge in [0.25, 0.3) is 0 Å². The number of aliphatic carboxylic acids is 1. The van der Waals surface area contributed by atoms with E-state index >= 15 is 0 Å². The van der Waals surface area contributed by atoms with Crippen LogP contribution in [0.5, 0.6) is 0 Å². The fourth-order valence-electron chi connectivity index (χ4n) is 1.60. The summed E-state index contributed by atoms with van der Waals surface area (Å²) in [6.45, 7) is 0. The lowest BCUT2D eigenvalue weighted by Gasteiger charge is -2.07. The Hall–Kier alpha value is -1.83. The summed E-state index contributed by atoms with van der Waals surface area (Å²) in [5.74, 6) is -1.69. The molecule has 1 aliphatic rings. The van der Waals surface area contributed by atoms with E-state index in [2.05, 4.69) is 0 Å². The van der Waals surface area contributed by atoms with E-state index in [0.717, 1.165) is 12.1 Å². The lowest BCUT2D eigenvalue weighted by atomic mass is 10.1. The number of carbonyl (C=O) groups is 1. The molecule has 0 radical (unpaired) electrons. The van der Waals surface area contributed by atoms with Gasteiger partial charge in [-0.3, -0.25) is 0 Å². The average molecular weight is 278 g/mol. The fourth-order valence-corrected chi connectivity index (χ4v) is 3.02. The van der Waals surface area contributed by atoms with E-state index in [0.29, 0.717) is 12.1 Å². The Morgan fingerprint density at radius 3 is 2.33 bits per heavy atom. The van der Waals surface area contributed by atoms with Crippen LogP contribution in [0.2, 0.25) is 0 Å². The van der Waals surface area contributed by atoms with Crippen LogP contribution in [0, 0.1) is 0 Å². The Balaban J connectivity index is 2.66. The van der Waals surface area contributed by atoms with E-state index in [4.69, 9.17) is 5.11 Å². The zero-order valence-electron chi connectivity index (χ0n) is 8.52. The molecule has 18 heavy (non-hydrogen) atoms. The molecule has 1 N–H and O–H groups in total. The van der Waals surface area contributed by atoms with Crippen LogP contribution in [0.25, 0.3) is 6.08 Å². The summed E-state index contributed by atoms with van der Waals surface area (Å²) in [4.78, 5) is 9.36. The molecule has 1 aromatic carbocycles. The van der Waals surface area contributed by atoms with Crippen molar-refractivity contribution in [2.75, 3.05) is 0 Å². The lowest BCUT2D eigenvalue weighted by molar-refractivity contribution is -0.137. The van der Waals surface area contributed by atoms with E-state index in [1.165, 1.54) is 0 Å². The first-order valence-electron chi connectivity index (χ1n) is 4.55. The van der Waals surface area contributed by atoms with Crippen molar-refractivity contribution in [2.24, 2.45) is 0 Å². The zero-order valence-corrected chi connectivity index (χ0v) is 9.34. The highest BCUT2D eigenvalue weighted by molar-refractivity contribution is 7.96. The molecule has 0 aliphatic carbocycles. The Morgan fingerprint density at radius 1 is 1.22 bits per heavy atom. The van der Waals surface area contributed by atoms with Crippen molar-refractivity contribution < 1.29 is 31.5 Å². The third-order valence-corrected chi connectivity index (χ3v) is 4.24. The van der Waals surface area contributed by atoms with Crippen molar-refractivity contribution in [1.29, 1.82) is 0 Å².